The zero-order chi connectivity index (χ0) is 14.7. The predicted octanol–water partition coefficient (Wildman–Crippen LogP) is 3.56. The molecule has 1 amide bonds. The van der Waals surface area contributed by atoms with Crippen molar-refractivity contribution in [2.45, 2.75) is 40.0 Å². The van der Waals surface area contributed by atoms with E-state index in [4.69, 9.17) is 0 Å². The molecule has 0 atom stereocenters. The molecule has 0 unspecified atom stereocenters. The maximum atomic E-state index is 12.4. The van der Waals surface area contributed by atoms with Crippen LogP contribution in [0.5, 0.6) is 0 Å². The van der Waals surface area contributed by atoms with Gasteiger partial charge in [0.15, 0.2) is 0 Å². The highest BCUT2D eigenvalue weighted by Crippen LogP contribution is 2.35. The number of allylic oxidation sites excluding steroid dienone is 2. The van der Waals surface area contributed by atoms with Crippen molar-refractivity contribution in [2.75, 3.05) is 0 Å². The van der Waals surface area contributed by atoms with Crippen LogP contribution in [0.4, 0.5) is 0 Å². The number of carbonyl (C=O) groups is 2. The van der Waals surface area contributed by atoms with Crippen LogP contribution in [-0.4, -0.2) is 11.7 Å². The first kappa shape index (κ1) is 14.5. The Morgan fingerprint density at radius 3 is 2.45 bits per heavy atom. The molecule has 0 aliphatic heterocycles. The normalized spacial score (nSPS) is 13.9. The molecule has 20 heavy (non-hydrogen) atoms. The molecule has 0 fully saturated rings. The lowest BCUT2D eigenvalue weighted by molar-refractivity contribution is -0.120. The van der Waals surface area contributed by atoms with Gasteiger partial charge in [-0.3, -0.25) is 9.59 Å². The van der Waals surface area contributed by atoms with Crippen molar-refractivity contribution in [3.05, 3.63) is 41.1 Å². The first-order valence-electron chi connectivity index (χ1n) is 7.21. The highest BCUT2D eigenvalue weighted by Gasteiger charge is 2.29. The smallest absolute Gasteiger partial charge is 0.224 e. The molecule has 0 bridgehead atoms. The zero-order valence-corrected chi connectivity index (χ0v) is 12.3. The summed E-state index contributed by atoms with van der Waals surface area (Å²) in [7, 11) is 0. The van der Waals surface area contributed by atoms with Crippen molar-refractivity contribution in [2.24, 2.45) is 5.92 Å². The highest BCUT2D eigenvalue weighted by atomic mass is 16.2. The van der Waals surface area contributed by atoms with E-state index in [9.17, 15) is 9.59 Å². The number of amides is 1. The van der Waals surface area contributed by atoms with Crippen molar-refractivity contribution in [3.8, 4) is 0 Å². The molecule has 3 heteroatoms. The van der Waals surface area contributed by atoms with Gasteiger partial charge in [-0.15, -0.1) is 0 Å². The van der Waals surface area contributed by atoms with Crippen LogP contribution in [0.1, 0.15) is 56.0 Å². The maximum absolute atomic E-state index is 12.4. The molecular formula is C17H21NO2. The Morgan fingerprint density at radius 1 is 1.20 bits per heavy atom. The van der Waals surface area contributed by atoms with Gasteiger partial charge in [-0.2, -0.15) is 0 Å². The zero-order valence-electron chi connectivity index (χ0n) is 12.3. The second-order valence-electron chi connectivity index (χ2n) is 5.56. The number of rotatable bonds is 5. The minimum absolute atomic E-state index is 0.0545. The van der Waals surface area contributed by atoms with Crippen LogP contribution >= 0.6 is 0 Å². The molecule has 0 saturated heterocycles. The molecule has 3 nitrogen and oxygen atoms in total. The van der Waals surface area contributed by atoms with Gasteiger partial charge in [-0.25, -0.2) is 0 Å². The van der Waals surface area contributed by atoms with Gasteiger partial charge in [-0.05, 0) is 29.9 Å². The molecule has 1 aromatic carbocycles. The van der Waals surface area contributed by atoms with E-state index >= 15 is 0 Å². The Labute approximate surface area is 120 Å². The number of benzene rings is 1. The van der Waals surface area contributed by atoms with E-state index < -0.39 is 0 Å². The van der Waals surface area contributed by atoms with E-state index in [1.54, 1.807) is 6.92 Å². The van der Waals surface area contributed by atoms with Crippen LogP contribution in [0, 0.1) is 5.92 Å². The summed E-state index contributed by atoms with van der Waals surface area (Å²) >= 11 is 0. The van der Waals surface area contributed by atoms with Gasteiger partial charge in [0.2, 0.25) is 11.7 Å². The number of ketones is 1. The summed E-state index contributed by atoms with van der Waals surface area (Å²) in [5.41, 5.74) is 3.15. The fourth-order valence-corrected chi connectivity index (χ4v) is 2.40. The number of carbonyl (C=O) groups excluding carboxylic acids is 2. The van der Waals surface area contributed by atoms with Gasteiger partial charge < -0.3 is 5.32 Å². The lowest BCUT2D eigenvalue weighted by Gasteiger charge is -2.10. The number of fused-ring (bicyclic) bond motifs is 1. The lowest BCUT2D eigenvalue weighted by Crippen LogP contribution is -2.25. The van der Waals surface area contributed by atoms with E-state index in [0.29, 0.717) is 23.6 Å². The van der Waals surface area contributed by atoms with Crippen LogP contribution < -0.4 is 5.32 Å². The first-order chi connectivity index (χ1) is 9.54. The number of Topliss-reactive ketones (excluding diaryl/α,β-unsaturated/α-hetero) is 1. The van der Waals surface area contributed by atoms with E-state index in [1.165, 1.54) is 0 Å². The van der Waals surface area contributed by atoms with Gasteiger partial charge in [-0.1, -0.05) is 45.0 Å². The van der Waals surface area contributed by atoms with Crippen LogP contribution in [0.2, 0.25) is 0 Å². The highest BCUT2D eigenvalue weighted by molar-refractivity contribution is 6.21. The Balaban J connectivity index is 2.38. The lowest BCUT2D eigenvalue weighted by atomic mass is 9.98. The Hall–Kier alpha value is -1.90. The standard InChI is InChI=1S/C17H21NO2/c1-4-15(19)18-16-13(10-9-11(2)3)12-7-5-6-8-14(12)17(16)20/h5-8,11H,4,9-10H2,1-3H3,(H,18,19,20). The second-order valence-corrected chi connectivity index (χ2v) is 5.56. The molecule has 1 N–H and O–H groups in total. The molecule has 0 heterocycles. The SMILES string of the molecule is CCC(=O)NC1=C(CCC(C)C)c2ccccc2C1=O. The average Bonchev–Trinajstić information content (AvgIpc) is 2.70. The van der Waals surface area contributed by atoms with Gasteiger partial charge in [0, 0.05) is 12.0 Å². The second kappa shape index (κ2) is 6.04. The summed E-state index contributed by atoms with van der Waals surface area (Å²) in [5.74, 6) is 0.401. The third-order valence-electron chi connectivity index (χ3n) is 3.58. The molecule has 2 rings (SSSR count). The van der Waals surface area contributed by atoms with E-state index in [1.807, 2.05) is 24.3 Å². The third kappa shape index (κ3) is 2.82. The van der Waals surface area contributed by atoms with Crippen LogP contribution in [0.25, 0.3) is 5.57 Å². The Morgan fingerprint density at radius 2 is 1.85 bits per heavy atom. The molecule has 0 radical (unpaired) electrons. The molecule has 0 saturated carbocycles. The fourth-order valence-electron chi connectivity index (χ4n) is 2.40. The number of hydrogen-bond acceptors (Lipinski definition) is 2. The van der Waals surface area contributed by atoms with Gasteiger partial charge in [0.25, 0.3) is 0 Å². The summed E-state index contributed by atoms with van der Waals surface area (Å²) in [4.78, 5) is 24.1. The molecule has 0 spiro atoms. The van der Waals surface area contributed by atoms with Crippen LogP contribution in [0.3, 0.4) is 0 Å². The van der Waals surface area contributed by atoms with Crippen LogP contribution in [0.15, 0.2) is 30.0 Å². The summed E-state index contributed by atoms with van der Waals surface area (Å²) in [6.07, 6.45) is 2.20. The van der Waals surface area contributed by atoms with Gasteiger partial charge in [0.1, 0.15) is 0 Å². The van der Waals surface area contributed by atoms with Crippen molar-refractivity contribution >= 4 is 17.3 Å². The Kier molecular flexibility index (Phi) is 4.38. The molecule has 106 valence electrons. The maximum Gasteiger partial charge on any atom is 0.224 e. The first-order valence-corrected chi connectivity index (χ1v) is 7.21. The van der Waals surface area contributed by atoms with Crippen molar-refractivity contribution in [1.82, 2.24) is 5.32 Å². The largest absolute Gasteiger partial charge is 0.323 e. The van der Waals surface area contributed by atoms with E-state index in [0.717, 1.165) is 24.0 Å². The predicted molar refractivity (Wildman–Crippen MR) is 80.2 cm³/mol. The van der Waals surface area contributed by atoms with Crippen molar-refractivity contribution < 1.29 is 9.59 Å². The molecule has 1 aromatic rings. The third-order valence-corrected chi connectivity index (χ3v) is 3.58. The minimum atomic E-state index is -0.108. The van der Waals surface area contributed by atoms with E-state index in [-0.39, 0.29) is 11.7 Å². The number of nitrogens with one attached hydrogen (secondary N) is 1. The van der Waals surface area contributed by atoms with Gasteiger partial charge in [0.05, 0.1) is 5.70 Å². The molecule has 0 aromatic heterocycles. The quantitative estimate of drug-likeness (QED) is 0.890. The topological polar surface area (TPSA) is 46.2 Å². The minimum Gasteiger partial charge on any atom is -0.323 e. The monoisotopic (exact) mass is 271 g/mol. The Bertz CT molecular complexity index is 570. The molecule has 1 aliphatic carbocycles. The summed E-state index contributed by atoms with van der Waals surface area (Å²) in [6, 6.07) is 7.60. The van der Waals surface area contributed by atoms with Crippen molar-refractivity contribution in [3.63, 3.8) is 0 Å². The summed E-state index contributed by atoms with van der Waals surface area (Å²) in [6.45, 7) is 6.11. The summed E-state index contributed by atoms with van der Waals surface area (Å²) in [5, 5.41) is 2.79. The van der Waals surface area contributed by atoms with E-state index in [2.05, 4.69) is 19.2 Å². The molecular weight excluding hydrogens is 250 g/mol. The average molecular weight is 271 g/mol. The fraction of sp³-hybridized carbons (Fsp3) is 0.412. The molecule has 1 aliphatic rings. The van der Waals surface area contributed by atoms with Gasteiger partial charge >= 0.3 is 0 Å². The summed E-state index contributed by atoms with van der Waals surface area (Å²) < 4.78 is 0. The van der Waals surface area contributed by atoms with Crippen molar-refractivity contribution in [1.29, 1.82) is 0 Å². The number of hydrogen-bond donors (Lipinski definition) is 1. The van der Waals surface area contributed by atoms with Crippen LogP contribution in [-0.2, 0) is 4.79 Å².